The zero-order valence-electron chi connectivity index (χ0n) is 13.4. The van der Waals surface area contributed by atoms with Crippen LogP contribution in [-0.4, -0.2) is 35.5 Å². The molecule has 0 atom stereocenters. The van der Waals surface area contributed by atoms with Crippen LogP contribution in [0.25, 0.3) is 0 Å². The lowest BCUT2D eigenvalue weighted by Crippen LogP contribution is -2.00. The summed E-state index contributed by atoms with van der Waals surface area (Å²) in [5.41, 5.74) is 1.32. The van der Waals surface area contributed by atoms with Crippen molar-refractivity contribution in [3.05, 3.63) is 66.2 Å². The summed E-state index contributed by atoms with van der Waals surface area (Å²) < 4.78 is 5.11. The lowest BCUT2D eigenvalue weighted by molar-refractivity contribution is 0.201. The smallest absolute Gasteiger partial charge is 0.119 e. The van der Waals surface area contributed by atoms with Gasteiger partial charge in [0.25, 0.3) is 0 Å². The van der Waals surface area contributed by atoms with E-state index < -0.39 is 0 Å². The number of ether oxygens (including phenoxy) is 1. The second kappa shape index (κ2) is 17.2. The maximum atomic E-state index is 8.40. The predicted molar refractivity (Wildman–Crippen MR) is 91.2 cm³/mol. The van der Waals surface area contributed by atoms with Gasteiger partial charge in [-0.15, -0.1) is 0 Å². The molecule has 4 nitrogen and oxygen atoms in total. The third-order valence-electron chi connectivity index (χ3n) is 2.27. The molecule has 0 aliphatic heterocycles. The summed E-state index contributed by atoms with van der Waals surface area (Å²) in [6.45, 7) is 4.76. The first kappa shape index (κ1) is 22.4. The molecule has 4 heteroatoms. The Labute approximate surface area is 133 Å². The average Bonchev–Trinajstić information content (AvgIpc) is 2.55. The van der Waals surface area contributed by atoms with Crippen molar-refractivity contribution in [1.82, 2.24) is 0 Å². The summed E-state index contributed by atoms with van der Waals surface area (Å²) in [5, 5.41) is 16.3. The second-order valence-corrected chi connectivity index (χ2v) is 4.26. The van der Waals surface area contributed by atoms with E-state index in [9.17, 15) is 0 Å². The van der Waals surface area contributed by atoms with E-state index in [1.807, 2.05) is 55.5 Å². The van der Waals surface area contributed by atoms with Gasteiger partial charge in [-0.3, -0.25) is 0 Å². The topological polar surface area (TPSA) is 81.2 Å². The first-order valence-corrected chi connectivity index (χ1v) is 7.15. The fourth-order valence-electron chi connectivity index (χ4n) is 1.21. The van der Waals surface area contributed by atoms with Gasteiger partial charge in [0.1, 0.15) is 12.4 Å². The molecule has 0 heterocycles. The predicted octanol–water partition coefficient (Wildman–Crippen LogP) is 2.62. The van der Waals surface area contributed by atoms with Crippen LogP contribution in [0.5, 0.6) is 5.75 Å². The van der Waals surface area contributed by atoms with Gasteiger partial charge in [-0.05, 0) is 25.5 Å². The molecule has 0 unspecified atom stereocenters. The SMILES string of the molecule is CCCO.Cc1ccccc1.O.OCCOc1ccccc1. The molecule has 0 spiro atoms. The van der Waals surface area contributed by atoms with Crippen molar-refractivity contribution in [3.63, 3.8) is 0 Å². The standard InChI is InChI=1S/C8H10O2.C7H8.C3H8O.H2O/c9-6-7-10-8-4-2-1-3-5-8;1-7-5-3-2-4-6-7;1-2-3-4;/h1-5,9H,6-7H2;2-6H,1H3;4H,2-3H2,1H3;1H2. The monoisotopic (exact) mass is 308 g/mol. The number of aliphatic hydroxyl groups excluding tert-OH is 2. The largest absolute Gasteiger partial charge is 0.491 e. The van der Waals surface area contributed by atoms with E-state index in [4.69, 9.17) is 14.9 Å². The van der Waals surface area contributed by atoms with Crippen molar-refractivity contribution in [1.29, 1.82) is 0 Å². The van der Waals surface area contributed by atoms with E-state index in [1.54, 1.807) is 0 Å². The average molecular weight is 308 g/mol. The third kappa shape index (κ3) is 14.5. The third-order valence-corrected chi connectivity index (χ3v) is 2.27. The van der Waals surface area contributed by atoms with Gasteiger partial charge in [0.2, 0.25) is 0 Å². The lowest BCUT2D eigenvalue weighted by Gasteiger charge is -2.01. The van der Waals surface area contributed by atoms with E-state index in [2.05, 4.69) is 19.1 Å². The number of hydrogen-bond acceptors (Lipinski definition) is 3. The Morgan fingerprint density at radius 1 is 0.818 bits per heavy atom. The van der Waals surface area contributed by atoms with Crippen molar-refractivity contribution < 1.29 is 20.4 Å². The minimum absolute atomic E-state index is 0. The van der Waals surface area contributed by atoms with Crippen molar-refractivity contribution in [2.45, 2.75) is 20.3 Å². The Hall–Kier alpha value is -1.88. The first-order valence-electron chi connectivity index (χ1n) is 7.15. The fraction of sp³-hybridized carbons (Fsp3) is 0.333. The van der Waals surface area contributed by atoms with E-state index in [-0.39, 0.29) is 12.1 Å². The molecule has 0 aliphatic carbocycles. The van der Waals surface area contributed by atoms with E-state index in [0.29, 0.717) is 13.2 Å². The van der Waals surface area contributed by atoms with Crippen LogP contribution < -0.4 is 4.74 Å². The Kier molecular flexibility index (Phi) is 17.5. The number of para-hydroxylation sites is 1. The highest BCUT2D eigenvalue weighted by molar-refractivity contribution is 5.20. The van der Waals surface area contributed by atoms with Crippen LogP contribution >= 0.6 is 0 Å². The molecule has 2 rings (SSSR count). The normalized spacial score (nSPS) is 8.36. The molecule has 2 aromatic rings. The number of rotatable bonds is 4. The van der Waals surface area contributed by atoms with Crippen molar-refractivity contribution in [3.8, 4) is 5.75 Å². The first-order chi connectivity index (χ1) is 10.2. The van der Waals surface area contributed by atoms with Crippen molar-refractivity contribution in [2.75, 3.05) is 19.8 Å². The number of benzene rings is 2. The highest BCUT2D eigenvalue weighted by Crippen LogP contribution is 2.07. The molecule has 0 fully saturated rings. The van der Waals surface area contributed by atoms with Crippen LogP contribution in [0.3, 0.4) is 0 Å². The summed E-state index contributed by atoms with van der Waals surface area (Å²) in [6.07, 6.45) is 0.875. The number of hydrogen-bond donors (Lipinski definition) is 2. The number of aliphatic hydroxyl groups is 2. The molecular formula is C18H28O4. The zero-order valence-corrected chi connectivity index (χ0v) is 13.4. The molecule has 0 saturated carbocycles. The maximum absolute atomic E-state index is 8.40. The van der Waals surface area contributed by atoms with Crippen molar-refractivity contribution >= 4 is 0 Å². The van der Waals surface area contributed by atoms with Crippen LogP contribution in [0.2, 0.25) is 0 Å². The highest BCUT2D eigenvalue weighted by Gasteiger charge is 1.87. The van der Waals surface area contributed by atoms with E-state index in [0.717, 1.165) is 12.2 Å². The molecule has 124 valence electrons. The Morgan fingerprint density at radius 2 is 1.27 bits per heavy atom. The van der Waals surface area contributed by atoms with Crippen LogP contribution in [0.4, 0.5) is 0 Å². The van der Waals surface area contributed by atoms with E-state index in [1.165, 1.54) is 5.56 Å². The number of aryl methyl sites for hydroxylation is 1. The van der Waals surface area contributed by atoms with Crippen molar-refractivity contribution in [2.24, 2.45) is 0 Å². The maximum Gasteiger partial charge on any atom is 0.119 e. The minimum atomic E-state index is 0. The van der Waals surface area contributed by atoms with Gasteiger partial charge in [0.15, 0.2) is 0 Å². The van der Waals surface area contributed by atoms with Gasteiger partial charge in [-0.25, -0.2) is 0 Å². The van der Waals surface area contributed by atoms with Crippen LogP contribution in [-0.2, 0) is 0 Å². The molecule has 0 aromatic heterocycles. The Morgan fingerprint density at radius 3 is 1.59 bits per heavy atom. The quantitative estimate of drug-likeness (QED) is 0.911. The van der Waals surface area contributed by atoms with Gasteiger partial charge in [-0.1, -0.05) is 61.0 Å². The molecule has 0 bridgehead atoms. The summed E-state index contributed by atoms with van der Waals surface area (Å²) in [6, 6.07) is 19.7. The summed E-state index contributed by atoms with van der Waals surface area (Å²) in [4.78, 5) is 0. The molecule has 0 amide bonds. The molecule has 2 aromatic carbocycles. The lowest BCUT2D eigenvalue weighted by atomic mass is 10.2. The van der Waals surface area contributed by atoms with Crippen LogP contribution in [0.15, 0.2) is 60.7 Å². The van der Waals surface area contributed by atoms with Gasteiger partial charge in [0, 0.05) is 6.61 Å². The molecule has 4 N–H and O–H groups in total. The Balaban J connectivity index is 0. The summed E-state index contributed by atoms with van der Waals surface area (Å²) in [5.74, 6) is 0.802. The fourth-order valence-corrected chi connectivity index (χ4v) is 1.21. The summed E-state index contributed by atoms with van der Waals surface area (Å²) >= 11 is 0. The summed E-state index contributed by atoms with van der Waals surface area (Å²) in [7, 11) is 0. The van der Waals surface area contributed by atoms with Crippen LogP contribution in [0, 0.1) is 6.92 Å². The highest BCUT2D eigenvalue weighted by atomic mass is 16.5. The van der Waals surface area contributed by atoms with Gasteiger partial charge < -0.3 is 20.4 Å². The second-order valence-electron chi connectivity index (χ2n) is 4.26. The van der Waals surface area contributed by atoms with Gasteiger partial charge in [0.05, 0.1) is 6.61 Å². The molecule has 0 saturated heterocycles. The Bertz CT molecular complexity index is 416. The molecule has 22 heavy (non-hydrogen) atoms. The minimum Gasteiger partial charge on any atom is -0.491 e. The van der Waals surface area contributed by atoms with Gasteiger partial charge >= 0.3 is 0 Å². The van der Waals surface area contributed by atoms with Gasteiger partial charge in [-0.2, -0.15) is 0 Å². The van der Waals surface area contributed by atoms with E-state index >= 15 is 0 Å². The zero-order chi connectivity index (χ0) is 15.8. The molecule has 0 aliphatic rings. The van der Waals surface area contributed by atoms with Crippen LogP contribution in [0.1, 0.15) is 18.9 Å². The molecular weight excluding hydrogens is 280 g/mol. The molecule has 0 radical (unpaired) electrons.